The lowest BCUT2D eigenvalue weighted by molar-refractivity contribution is 0.0793. The summed E-state index contributed by atoms with van der Waals surface area (Å²) in [5.41, 5.74) is 12.0. The molecule has 3 heterocycles. The molecule has 1 atom stereocenters. The second-order valence-corrected chi connectivity index (χ2v) is 8.37. The number of hydrogen-bond donors (Lipinski definition) is 1. The van der Waals surface area contributed by atoms with Crippen LogP contribution in [0, 0.1) is 6.92 Å². The summed E-state index contributed by atoms with van der Waals surface area (Å²) in [5, 5.41) is 1.02. The van der Waals surface area contributed by atoms with Crippen LogP contribution in [-0.2, 0) is 4.74 Å². The zero-order valence-corrected chi connectivity index (χ0v) is 17.4. The molecule has 0 aliphatic carbocycles. The summed E-state index contributed by atoms with van der Waals surface area (Å²) >= 11 is 0. The summed E-state index contributed by atoms with van der Waals surface area (Å²) < 4.78 is 5.84. The smallest absolute Gasteiger partial charge is 0.254 e. The van der Waals surface area contributed by atoms with Crippen LogP contribution in [0.1, 0.15) is 53.3 Å². The number of likely N-dealkylation sites (tertiary alicyclic amines) is 1. The highest BCUT2D eigenvalue weighted by molar-refractivity contribution is 6.02. The highest BCUT2D eigenvalue weighted by atomic mass is 16.5. The molecular formula is C25H27N3O2. The van der Waals surface area contributed by atoms with E-state index in [1.807, 2.05) is 29.2 Å². The van der Waals surface area contributed by atoms with E-state index in [4.69, 9.17) is 10.5 Å². The number of nitrogen functional groups attached to an aromatic ring is 1. The zero-order chi connectivity index (χ0) is 20.7. The van der Waals surface area contributed by atoms with Crippen molar-refractivity contribution in [3.8, 4) is 11.1 Å². The Bertz CT molecular complexity index is 1110. The fourth-order valence-electron chi connectivity index (χ4n) is 4.76. The van der Waals surface area contributed by atoms with E-state index in [1.165, 1.54) is 0 Å². The lowest BCUT2D eigenvalue weighted by Crippen LogP contribution is -2.28. The van der Waals surface area contributed by atoms with Gasteiger partial charge in [-0.15, -0.1) is 0 Å². The monoisotopic (exact) mass is 401 g/mol. The largest absolute Gasteiger partial charge is 0.383 e. The van der Waals surface area contributed by atoms with Crippen molar-refractivity contribution in [3.05, 3.63) is 59.2 Å². The Hall–Kier alpha value is -2.92. The average Bonchev–Trinajstić information content (AvgIpc) is 3.46. The van der Waals surface area contributed by atoms with E-state index in [9.17, 15) is 4.79 Å². The predicted octanol–water partition coefficient (Wildman–Crippen LogP) is 4.88. The average molecular weight is 402 g/mol. The predicted molar refractivity (Wildman–Crippen MR) is 119 cm³/mol. The summed E-state index contributed by atoms with van der Waals surface area (Å²) in [6.07, 6.45) is 4.22. The van der Waals surface area contributed by atoms with Crippen LogP contribution < -0.4 is 5.73 Å². The fourth-order valence-corrected chi connectivity index (χ4v) is 4.76. The summed E-state index contributed by atoms with van der Waals surface area (Å²) in [7, 11) is 0. The van der Waals surface area contributed by atoms with Crippen LogP contribution in [-0.4, -0.2) is 35.5 Å². The number of aromatic nitrogens is 1. The van der Waals surface area contributed by atoms with Crippen LogP contribution in [0.25, 0.3) is 22.0 Å². The molecule has 154 valence electrons. The van der Waals surface area contributed by atoms with Crippen molar-refractivity contribution in [1.29, 1.82) is 0 Å². The number of fused-ring (bicyclic) bond motifs is 1. The van der Waals surface area contributed by atoms with Gasteiger partial charge in [-0.3, -0.25) is 4.79 Å². The number of nitrogens with zero attached hydrogens (tertiary/aromatic N) is 2. The Morgan fingerprint density at radius 3 is 2.73 bits per heavy atom. The van der Waals surface area contributed by atoms with Gasteiger partial charge in [-0.1, -0.05) is 18.2 Å². The topological polar surface area (TPSA) is 68.5 Å². The maximum atomic E-state index is 13.2. The van der Waals surface area contributed by atoms with Crippen molar-refractivity contribution in [2.75, 3.05) is 25.4 Å². The van der Waals surface area contributed by atoms with Crippen LogP contribution in [0.2, 0.25) is 0 Å². The zero-order valence-electron chi connectivity index (χ0n) is 17.4. The molecule has 2 aromatic carbocycles. The molecular weight excluding hydrogens is 374 g/mol. The number of nitrogens with two attached hydrogens (primary N) is 1. The van der Waals surface area contributed by atoms with Crippen LogP contribution in [0.5, 0.6) is 0 Å². The first kappa shape index (κ1) is 19.1. The Labute approximate surface area is 176 Å². The molecule has 0 spiro atoms. The van der Waals surface area contributed by atoms with Gasteiger partial charge in [0.1, 0.15) is 5.82 Å². The molecule has 2 saturated heterocycles. The third-order valence-electron chi connectivity index (χ3n) is 6.34. The first-order valence-corrected chi connectivity index (χ1v) is 10.8. The van der Waals surface area contributed by atoms with Crippen molar-refractivity contribution in [2.24, 2.45) is 0 Å². The Kier molecular flexibility index (Phi) is 4.91. The van der Waals surface area contributed by atoms with Crippen molar-refractivity contribution in [2.45, 2.75) is 38.7 Å². The molecule has 0 radical (unpaired) electrons. The Morgan fingerprint density at radius 2 is 1.97 bits per heavy atom. The highest BCUT2D eigenvalue weighted by Crippen LogP contribution is 2.36. The minimum absolute atomic E-state index is 0.0244. The van der Waals surface area contributed by atoms with Crippen LogP contribution in [0.3, 0.4) is 0 Å². The third kappa shape index (κ3) is 3.33. The van der Waals surface area contributed by atoms with Gasteiger partial charge in [-0.05, 0) is 73.6 Å². The second kappa shape index (κ2) is 7.73. The number of ether oxygens (including phenoxy) is 1. The molecule has 2 fully saturated rings. The van der Waals surface area contributed by atoms with E-state index in [1.54, 1.807) is 0 Å². The first-order chi connectivity index (χ1) is 14.6. The molecule has 2 aliphatic heterocycles. The minimum atomic E-state index is 0.0244. The molecule has 1 amide bonds. The molecule has 30 heavy (non-hydrogen) atoms. The number of benzene rings is 2. The number of pyridine rings is 1. The molecule has 0 bridgehead atoms. The second-order valence-electron chi connectivity index (χ2n) is 8.37. The summed E-state index contributed by atoms with van der Waals surface area (Å²) in [6, 6.07) is 14.3. The Balaban J connectivity index is 1.61. The molecule has 5 rings (SSSR count). The van der Waals surface area contributed by atoms with Gasteiger partial charge in [0.05, 0.1) is 11.6 Å². The molecule has 3 aromatic rings. The fraction of sp³-hybridized carbons (Fsp3) is 0.360. The van der Waals surface area contributed by atoms with E-state index in [2.05, 4.69) is 30.1 Å². The van der Waals surface area contributed by atoms with Gasteiger partial charge in [-0.2, -0.15) is 0 Å². The van der Waals surface area contributed by atoms with Gasteiger partial charge in [0.25, 0.3) is 5.91 Å². The van der Waals surface area contributed by atoms with Crippen molar-refractivity contribution < 1.29 is 9.53 Å². The van der Waals surface area contributed by atoms with Crippen molar-refractivity contribution >= 4 is 22.6 Å². The number of rotatable bonds is 3. The van der Waals surface area contributed by atoms with E-state index in [-0.39, 0.29) is 12.0 Å². The third-order valence-corrected chi connectivity index (χ3v) is 6.34. The quantitative estimate of drug-likeness (QED) is 0.679. The number of carbonyl (C=O) groups is 1. The van der Waals surface area contributed by atoms with Gasteiger partial charge in [0.2, 0.25) is 0 Å². The van der Waals surface area contributed by atoms with E-state index in [0.29, 0.717) is 5.82 Å². The molecule has 5 heteroatoms. The molecule has 5 nitrogen and oxygen atoms in total. The maximum absolute atomic E-state index is 13.2. The molecule has 2 N–H and O–H groups in total. The van der Waals surface area contributed by atoms with Gasteiger partial charge in [0.15, 0.2) is 0 Å². The number of anilines is 1. The van der Waals surface area contributed by atoms with Gasteiger partial charge >= 0.3 is 0 Å². The summed E-state index contributed by atoms with van der Waals surface area (Å²) in [5.74, 6) is 0.671. The minimum Gasteiger partial charge on any atom is -0.383 e. The Morgan fingerprint density at radius 1 is 1.13 bits per heavy atom. The number of amides is 1. The number of aryl methyl sites for hydroxylation is 1. The highest BCUT2D eigenvalue weighted by Gasteiger charge is 2.24. The molecule has 1 aromatic heterocycles. The van der Waals surface area contributed by atoms with Crippen LogP contribution in [0.15, 0.2) is 42.5 Å². The maximum Gasteiger partial charge on any atom is 0.254 e. The van der Waals surface area contributed by atoms with Gasteiger partial charge in [0, 0.05) is 36.2 Å². The lowest BCUT2D eigenvalue weighted by Gasteiger charge is -2.19. The standard InChI is InChI=1S/C25H27N3O2/c1-16-6-4-7-19(25(29)28-11-2-3-12-28)23(16)17-9-10-21-18(14-17)15-20(24(26)27-21)22-8-5-13-30-22/h4,6-7,9-10,14-15,22H,2-3,5,8,11-13H2,1H3,(H2,26,27). The van der Waals surface area contributed by atoms with Crippen LogP contribution >= 0.6 is 0 Å². The van der Waals surface area contributed by atoms with E-state index < -0.39 is 0 Å². The summed E-state index contributed by atoms with van der Waals surface area (Å²) in [6.45, 7) is 4.53. The lowest BCUT2D eigenvalue weighted by atomic mass is 9.93. The molecule has 2 aliphatic rings. The van der Waals surface area contributed by atoms with Crippen molar-refractivity contribution in [3.63, 3.8) is 0 Å². The SMILES string of the molecule is Cc1cccc(C(=O)N2CCCC2)c1-c1ccc2nc(N)c(C3CCCO3)cc2c1. The molecule has 0 saturated carbocycles. The molecule has 1 unspecified atom stereocenters. The number of hydrogen-bond acceptors (Lipinski definition) is 4. The van der Waals surface area contributed by atoms with Crippen LogP contribution in [0.4, 0.5) is 5.82 Å². The van der Waals surface area contributed by atoms with E-state index in [0.717, 1.165) is 84.1 Å². The summed E-state index contributed by atoms with van der Waals surface area (Å²) in [4.78, 5) is 19.8. The first-order valence-electron chi connectivity index (χ1n) is 10.8. The van der Waals surface area contributed by atoms with Crippen molar-refractivity contribution in [1.82, 2.24) is 9.88 Å². The van der Waals surface area contributed by atoms with Gasteiger partial charge in [-0.25, -0.2) is 4.98 Å². The van der Waals surface area contributed by atoms with Gasteiger partial charge < -0.3 is 15.4 Å². The normalized spacial score (nSPS) is 19.0. The van der Waals surface area contributed by atoms with E-state index >= 15 is 0 Å². The number of carbonyl (C=O) groups excluding carboxylic acids is 1.